The van der Waals surface area contributed by atoms with Gasteiger partial charge in [0.2, 0.25) is 0 Å². The van der Waals surface area contributed by atoms with Gasteiger partial charge in [-0.15, -0.1) is 0 Å². The predicted octanol–water partition coefficient (Wildman–Crippen LogP) is 2.40. The highest BCUT2D eigenvalue weighted by atomic mass is 19.1. The Kier molecular flexibility index (Phi) is 3.07. The van der Waals surface area contributed by atoms with Gasteiger partial charge in [0.05, 0.1) is 29.2 Å². The zero-order chi connectivity index (χ0) is 15.0. The van der Waals surface area contributed by atoms with E-state index < -0.39 is 5.82 Å². The van der Waals surface area contributed by atoms with Crippen LogP contribution in [0.2, 0.25) is 0 Å². The van der Waals surface area contributed by atoms with Crippen molar-refractivity contribution in [1.82, 2.24) is 9.13 Å². The third-order valence-electron chi connectivity index (χ3n) is 3.48. The van der Waals surface area contributed by atoms with E-state index in [0.717, 1.165) is 11.0 Å². The Morgan fingerprint density at radius 2 is 1.90 bits per heavy atom. The lowest BCUT2D eigenvalue weighted by Crippen LogP contribution is -2.22. The molecule has 2 aromatic carbocycles. The maximum Gasteiger partial charge on any atom is 0.329 e. The molecule has 1 heterocycles. The monoisotopic (exact) mass is 281 g/mol. The molecule has 4 nitrogen and oxygen atoms in total. The Hall–Kier alpha value is -2.87. The van der Waals surface area contributed by atoms with Crippen molar-refractivity contribution in [2.24, 2.45) is 7.05 Å². The van der Waals surface area contributed by atoms with E-state index >= 15 is 0 Å². The van der Waals surface area contributed by atoms with Crippen molar-refractivity contribution >= 4 is 11.0 Å². The van der Waals surface area contributed by atoms with E-state index in [9.17, 15) is 9.18 Å². The second-order valence-corrected chi connectivity index (χ2v) is 4.88. The summed E-state index contributed by atoms with van der Waals surface area (Å²) in [6, 6.07) is 13.5. The van der Waals surface area contributed by atoms with Crippen LogP contribution in [-0.2, 0) is 13.6 Å². The number of halogens is 1. The molecule has 3 aromatic rings. The quantitative estimate of drug-likeness (QED) is 0.724. The molecule has 0 fully saturated rings. The molecule has 0 amide bonds. The average Bonchev–Trinajstić information content (AvgIpc) is 2.72. The molecule has 21 heavy (non-hydrogen) atoms. The van der Waals surface area contributed by atoms with E-state index in [1.165, 1.54) is 12.1 Å². The van der Waals surface area contributed by atoms with Crippen molar-refractivity contribution < 1.29 is 4.39 Å². The maximum absolute atomic E-state index is 13.5. The van der Waals surface area contributed by atoms with E-state index in [-0.39, 0.29) is 17.8 Å². The van der Waals surface area contributed by atoms with Gasteiger partial charge in [-0.05, 0) is 35.9 Å². The number of nitrogens with zero attached hydrogens (tertiary/aromatic N) is 3. The third kappa shape index (κ3) is 2.21. The molecule has 3 rings (SSSR count). The van der Waals surface area contributed by atoms with Crippen LogP contribution in [0.5, 0.6) is 0 Å². The summed E-state index contributed by atoms with van der Waals surface area (Å²) in [5.41, 5.74) is 2.27. The second kappa shape index (κ2) is 4.91. The minimum Gasteiger partial charge on any atom is -0.295 e. The zero-order valence-electron chi connectivity index (χ0n) is 11.4. The molecule has 0 spiro atoms. The van der Waals surface area contributed by atoms with Gasteiger partial charge in [-0.1, -0.05) is 12.1 Å². The molecule has 1 aromatic heterocycles. The van der Waals surface area contributed by atoms with Gasteiger partial charge in [-0.25, -0.2) is 9.18 Å². The van der Waals surface area contributed by atoms with Crippen LogP contribution in [-0.4, -0.2) is 9.13 Å². The lowest BCUT2D eigenvalue weighted by molar-refractivity contribution is 0.622. The van der Waals surface area contributed by atoms with Crippen LogP contribution in [0.4, 0.5) is 4.39 Å². The van der Waals surface area contributed by atoms with Crippen LogP contribution in [0.25, 0.3) is 11.0 Å². The summed E-state index contributed by atoms with van der Waals surface area (Å²) in [5.74, 6) is -0.475. The number of benzene rings is 2. The van der Waals surface area contributed by atoms with E-state index in [1.54, 1.807) is 22.2 Å². The number of fused-ring (bicyclic) bond motifs is 1. The summed E-state index contributed by atoms with van der Waals surface area (Å²) in [4.78, 5) is 12.3. The average molecular weight is 281 g/mol. The Labute approximate surface area is 120 Å². The van der Waals surface area contributed by atoms with E-state index in [0.29, 0.717) is 5.56 Å². The Morgan fingerprint density at radius 3 is 2.62 bits per heavy atom. The summed E-state index contributed by atoms with van der Waals surface area (Å²) in [7, 11) is 1.70. The number of aryl methyl sites for hydroxylation is 1. The largest absolute Gasteiger partial charge is 0.329 e. The fraction of sp³-hybridized carbons (Fsp3) is 0.125. The first-order valence-electron chi connectivity index (χ1n) is 6.44. The van der Waals surface area contributed by atoms with Gasteiger partial charge in [0.25, 0.3) is 0 Å². The van der Waals surface area contributed by atoms with Gasteiger partial charge in [-0.3, -0.25) is 9.13 Å². The SMILES string of the molecule is Cn1c(=O)n(Cc2cc(F)cc(C#N)c2)c2ccccc21. The summed E-state index contributed by atoms with van der Waals surface area (Å²) >= 11 is 0. The van der Waals surface area contributed by atoms with Gasteiger partial charge < -0.3 is 0 Å². The van der Waals surface area contributed by atoms with Gasteiger partial charge >= 0.3 is 5.69 Å². The Bertz CT molecular complexity index is 931. The second-order valence-electron chi connectivity index (χ2n) is 4.88. The Balaban J connectivity index is 2.15. The number of aromatic nitrogens is 2. The fourth-order valence-corrected chi connectivity index (χ4v) is 2.50. The molecule has 0 unspecified atom stereocenters. The lowest BCUT2D eigenvalue weighted by Gasteiger charge is -2.04. The minimum atomic E-state index is -0.475. The molecule has 0 saturated heterocycles. The molecule has 104 valence electrons. The first-order chi connectivity index (χ1) is 10.1. The van der Waals surface area contributed by atoms with Gasteiger partial charge in [0.1, 0.15) is 5.82 Å². The smallest absolute Gasteiger partial charge is 0.295 e. The molecule has 0 atom stereocenters. The summed E-state index contributed by atoms with van der Waals surface area (Å²) in [6.07, 6.45) is 0. The number of rotatable bonds is 2. The molecule has 0 saturated carbocycles. The van der Waals surface area contributed by atoms with Gasteiger partial charge in [0.15, 0.2) is 0 Å². The van der Waals surface area contributed by atoms with Crippen molar-refractivity contribution in [2.45, 2.75) is 6.54 Å². The molecule has 5 heteroatoms. The van der Waals surface area contributed by atoms with E-state index in [4.69, 9.17) is 5.26 Å². The van der Waals surface area contributed by atoms with E-state index in [2.05, 4.69) is 0 Å². The summed E-state index contributed by atoms with van der Waals surface area (Å²) < 4.78 is 16.6. The zero-order valence-corrected chi connectivity index (χ0v) is 11.4. The molecule has 0 N–H and O–H groups in total. The maximum atomic E-state index is 13.5. The van der Waals surface area contributed by atoms with Crippen LogP contribution in [0.15, 0.2) is 47.3 Å². The first-order valence-corrected chi connectivity index (χ1v) is 6.44. The number of hydrogen-bond acceptors (Lipinski definition) is 2. The van der Waals surface area contributed by atoms with Crippen LogP contribution >= 0.6 is 0 Å². The standard InChI is InChI=1S/C16H12FN3O/c1-19-14-4-2-3-5-15(14)20(16(19)21)10-12-6-11(9-18)7-13(17)8-12/h2-8H,10H2,1H3. The number of hydrogen-bond donors (Lipinski definition) is 0. The highest BCUT2D eigenvalue weighted by Crippen LogP contribution is 2.15. The molecule has 0 aliphatic carbocycles. The molecule has 0 aliphatic heterocycles. The Morgan fingerprint density at radius 1 is 1.19 bits per heavy atom. The molecule has 0 aliphatic rings. The topological polar surface area (TPSA) is 50.7 Å². The van der Waals surface area contributed by atoms with Crippen molar-refractivity contribution in [3.63, 3.8) is 0 Å². The van der Waals surface area contributed by atoms with Crippen LogP contribution < -0.4 is 5.69 Å². The third-order valence-corrected chi connectivity index (χ3v) is 3.48. The molecule has 0 bridgehead atoms. The van der Waals surface area contributed by atoms with Crippen LogP contribution in [0.3, 0.4) is 0 Å². The van der Waals surface area contributed by atoms with Crippen LogP contribution in [0, 0.1) is 17.1 Å². The summed E-state index contributed by atoms with van der Waals surface area (Å²) in [5, 5.41) is 8.89. The highest BCUT2D eigenvalue weighted by molar-refractivity contribution is 5.75. The van der Waals surface area contributed by atoms with Crippen molar-refractivity contribution in [3.8, 4) is 6.07 Å². The van der Waals surface area contributed by atoms with Crippen molar-refractivity contribution in [2.75, 3.05) is 0 Å². The fourth-order valence-electron chi connectivity index (χ4n) is 2.50. The molecular formula is C16H12FN3O. The van der Waals surface area contributed by atoms with Gasteiger partial charge in [-0.2, -0.15) is 5.26 Å². The van der Waals surface area contributed by atoms with Crippen molar-refractivity contribution in [3.05, 3.63) is 69.9 Å². The normalized spacial score (nSPS) is 10.7. The number of para-hydroxylation sites is 2. The van der Waals surface area contributed by atoms with Crippen molar-refractivity contribution in [1.29, 1.82) is 5.26 Å². The summed E-state index contributed by atoms with van der Waals surface area (Å²) in [6.45, 7) is 0.229. The molecule has 0 radical (unpaired) electrons. The first kappa shape index (κ1) is 13.1. The molecular weight excluding hydrogens is 269 g/mol. The minimum absolute atomic E-state index is 0.168. The van der Waals surface area contributed by atoms with Gasteiger partial charge in [0, 0.05) is 7.05 Å². The number of imidazole rings is 1. The highest BCUT2D eigenvalue weighted by Gasteiger charge is 2.11. The van der Waals surface area contributed by atoms with E-state index in [1.807, 2.05) is 30.3 Å². The number of nitriles is 1. The lowest BCUT2D eigenvalue weighted by atomic mass is 10.1. The predicted molar refractivity (Wildman–Crippen MR) is 77.4 cm³/mol. The van der Waals surface area contributed by atoms with Crippen LogP contribution in [0.1, 0.15) is 11.1 Å².